The van der Waals surface area contributed by atoms with Crippen LogP contribution in [-0.2, 0) is 10.2 Å². The van der Waals surface area contributed by atoms with Crippen LogP contribution in [0.1, 0.15) is 38.7 Å². The molecular weight excluding hydrogens is 241 g/mol. The van der Waals surface area contributed by atoms with Gasteiger partial charge in [0.15, 0.2) is 0 Å². The van der Waals surface area contributed by atoms with Gasteiger partial charge in [0, 0.05) is 13.6 Å². The first-order chi connectivity index (χ1) is 8.95. The van der Waals surface area contributed by atoms with E-state index in [-0.39, 0.29) is 11.7 Å². The molecule has 0 heterocycles. The van der Waals surface area contributed by atoms with Crippen molar-refractivity contribution in [1.82, 2.24) is 4.90 Å². The Bertz CT molecular complexity index is 466. The zero-order chi connectivity index (χ0) is 14.0. The van der Waals surface area contributed by atoms with Crippen molar-refractivity contribution in [3.63, 3.8) is 0 Å². The van der Waals surface area contributed by atoms with E-state index in [0.29, 0.717) is 5.92 Å². The SMILES string of the molecule is CC(C)CN(C)C(=O)C1(c2cccc(F)c2)CCC1. The van der Waals surface area contributed by atoms with E-state index in [1.807, 2.05) is 13.1 Å². The number of hydrogen-bond acceptors (Lipinski definition) is 1. The number of halogens is 1. The molecule has 19 heavy (non-hydrogen) atoms. The number of rotatable bonds is 4. The van der Waals surface area contributed by atoms with Gasteiger partial charge < -0.3 is 4.90 Å². The van der Waals surface area contributed by atoms with Crippen LogP contribution in [-0.4, -0.2) is 24.4 Å². The number of likely N-dealkylation sites (N-methyl/N-ethyl adjacent to an activating group) is 1. The van der Waals surface area contributed by atoms with Gasteiger partial charge >= 0.3 is 0 Å². The summed E-state index contributed by atoms with van der Waals surface area (Å²) in [4.78, 5) is 14.5. The van der Waals surface area contributed by atoms with Crippen molar-refractivity contribution in [2.24, 2.45) is 5.92 Å². The number of carbonyl (C=O) groups excluding carboxylic acids is 1. The molecule has 0 aromatic heterocycles. The van der Waals surface area contributed by atoms with Crippen LogP contribution in [0.2, 0.25) is 0 Å². The fourth-order valence-corrected chi connectivity index (χ4v) is 2.94. The minimum absolute atomic E-state index is 0.137. The van der Waals surface area contributed by atoms with Crippen LogP contribution in [0.4, 0.5) is 4.39 Å². The number of nitrogens with zero attached hydrogens (tertiary/aromatic N) is 1. The molecule has 2 nitrogen and oxygen atoms in total. The summed E-state index contributed by atoms with van der Waals surface area (Å²) >= 11 is 0. The zero-order valence-electron chi connectivity index (χ0n) is 11.9. The lowest BCUT2D eigenvalue weighted by Crippen LogP contribution is -2.50. The molecule has 0 unspecified atom stereocenters. The second-order valence-electron chi connectivity index (χ2n) is 6.03. The summed E-state index contributed by atoms with van der Waals surface area (Å²) in [6, 6.07) is 6.52. The van der Waals surface area contributed by atoms with E-state index >= 15 is 0 Å². The molecule has 0 aliphatic heterocycles. The van der Waals surface area contributed by atoms with E-state index in [2.05, 4.69) is 13.8 Å². The summed E-state index contributed by atoms with van der Waals surface area (Å²) in [5, 5.41) is 0. The monoisotopic (exact) mass is 263 g/mol. The second-order valence-corrected chi connectivity index (χ2v) is 6.03. The predicted molar refractivity (Wildman–Crippen MR) is 74.4 cm³/mol. The van der Waals surface area contributed by atoms with Gasteiger partial charge in [0.2, 0.25) is 5.91 Å². The Morgan fingerprint density at radius 1 is 1.42 bits per heavy atom. The predicted octanol–water partition coefficient (Wildman–Crippen LogP) is 3.36. The molecule has 0 bridgehead atoms. The average Bonchev–Trinajstić information content (AvgIpc) is 2.26. The van der Waals surface area contributed by atoms with Gasteiger partial charge in [0.25, 0.3) is 0 Å². The Morgan fingerprint density at radius 2 is 2.11 bits per heavy atom. The number of hydrogen-bond donors (Lipinski definition) is 0. The minimum atomic E-state index is -0.480. The van der Waals surface area contributed by atoms with Crippen molar-refractivity contribution in [3.05, 3.63) is 35.6 Å². The van der Waals surface area contributed by atoms with E-state index < -0.39 is 5.41 Å². The maximum Gasteiger partial charge on any atom is 0.232 e. The van der Waals surface area contributed by atoms with Gasteiger partial charge in [-0.3, -0.25) is 4.79 Å². The highest BCUT2D eigenvalue weighted by atomic mass is 19.1. The number of carbonyl (C=O) groups is 1. The fraction of sp³-hybridized carbons (Fsp3) is 0.562. The first kappa shape index (κ1) is 14.0. The highest BCUT2D eigenvalue weighted by molar-refractivity contribution is 5.89. The number of amides is 1. The molecule has 1 aliphatic carbocycles. The third kappa shape index (κ3) is 2.65. The Kier molecular flexibility index (Phi) is 3.93. The average molecular weight is 263 g/mol. The van der Waals surface area contributed by atoms with Gasteiger partial charge in [-0.15, -0.1) is 0 Å². The van der Waals surface area contributed by atoms with Gasteiger partial charge in [-0.2, -0.15) is 0 Å². The molecule has 3 heteroatoms. The Labute approximate surface area is 114 Å². The molecule has 1 saturated carbocycles. The quantitative estimate of drug-likeness (QED) is 0.815. The second kappa shape index (κ2) is 5.32. The van der Waals surface area contributed by atoms with Crippen LogP contribution < -0.4 is 0 Å². The summed E-state index contributed by atoms with van der Waals surface area (Å²) in [6.45, 7) is 4.94. The molecule has 0 saturated heterocycles. The maximum atomic E-state index is 13.4. The van der Waals surface area contributed by atoms with E-state index in [1.54, 1.807) is 11.0 Å². The fourth-order valence-electron chi connectivity index (χ4n) is 2.94. The van der Waals surface area contributed by atoms with Crippen molar-refractivity contribution in [2.75, 3.05) is 13.6 Å². The van der Waals surface area contributed by atoms with Crippen LogP contribution >= 0.6 is 0 Å². The summed E-state index contributed by atoms with van der Waals surface area (Å²) in [7, 11) is 1.85. The first-order valence-corrected chi connectivity index (χ1v) is 6.97. The summed E-state index contributed by atoms with van der Waals surface area (Å²) in [5.74, 6) is 0.319. The molecular formula is C16H22FNO. The molecule has 2 rings (SSSR count). The van der Waals surface area contributed by atoms with Crippen molar-refractivity contribution in [2.45, 2.75) is 38.5 Å². The van der Waals surface area contributed by atoms with Gasteiger partial charge in [0.05, 0.1) is 5.41 Å². The number of benzene rings is 1. The third-order valence-electron chi connectivity index (χ3n) is 3.98. The molecule has 0 N–H and O–H groups in total. The van der Waals surface area contributed by atoms with Gasteiger partial charge in [-0.05, 0) is 36.5 Å². The van der Waals surface area contributed by atoms with E-state index in [9.17, 15) is 9.18 Å². The standard InChI is InChI=1S/C16H22FNO/c1-12(2)11-18(3)15(19)16(8-5-9-16)13-6-4-7-14(17)10-13/h4,6-7,10,12H,5,8-9,11H2,1-3H3. The molecule has 0 radical (unpaired) electrons. The van der Waals surface area contributed by atoms with E-state index in [1.165, 1.54) is 12.1 Å². The van der Waals surface area contributed by atoms with Crippen LogP contribution in [0.5, 0.6) is 0 Å². The molecule has 104 valence electrons. The molecule has 1 fully saturated rings. The minimum Gasteiger partial charge on any atom is -0.345 e. The molecule has 1 amide bonds. The lowest BCUT2D eigenvalue weighted by atomic mass is 9.63. The Balaban J connectivity index is 2.25. The van der Waals surface area contributed by atoms with Crippen molar-refractivity contribution in [3.8, 4) is 0 Å². The zero-order valence-corrected chi connectivity index (χ0v) is 11.9. The highest BCUT2D eigenvalue weighted by Gasteiger charge is 2.47. The van der Waals surface area contributed by atoms with E-state index in [0.717, 1.165) is 31.4 Å². The lowest BCUT2D eigenvalue weighted by molar-refractivity contribution is -0.140. The Hall–Kier alpha value is -1.38. The van der Waals surface area contributed by atoms with Crippen LogP contribution in [0.15, 0.2) is 24.3 Å². The molecule has 1 aromatic rings. The Morgan fingerprint density at radius 3 is 2.58 bits per heavy atom. The maximum absolute atomic E-state index is 13.4. The van der Waals surface area contributed by atoms with Gasteiger partial charge in [-0.1, -0.05) is 32.4 Å². The van der Waals surface area contributed by atoms with Crippen LogP contribution in [0.3, 0.4) is 0 Å². The topological polar surface area (TPSA) is 20.3 Å². The third-order valence-corrected chi connectivity index (χ3v) is 3.98. The smallest absolute Gasteiger partial charge is 0.232 e. The molecule has 0 atom stereocenters. The van der Waals surface area contributed by atoms with Crippen LogP contribution in [0.25, 0.3) is 0 Å². The summed E-state index contributed by atoms with van der Waals surface area (Å²) in [5.41, 5.74) is 0.352. The first-order valence-electron chi connectivity index (χ1n) is 6.97. The normalized spacial score (nSPS) is 17.1. The van der Waals surface area contributed by atoms with Gasteiger partial charge in [0.1, 0.15) is 5.82 Å². The summed E-state index contributed by atoms with van der Waals surface area (Å²) < 4.78 is 13.4. The largest absolute Gasteiger partial charge is 0.345 e. The van der Waals surface area contributed by atoms with Crippen molar-refractivity contribution < 1.29 is 9.18 Å². The van der Waals surface area contributed by atoms with Crippen molar-refractivity contribution >= 4 is 5.91 Å². The van der Waals surface area contributed by atoms with Crippen molar-refractivity contribution in [1.29, 1.82) is 0 Å². The highest BCUT2D eigenvalue weighted by Crippen LogP contribution is 2.45. The van der Waals surface area contributed by atoms with Gasteiger partial charge in [-0.25, -0.2) is 4.39 Å². The molecule has 0 spiro atoms. The molecule has 1 aromatic carbocycles. The van der Waals surface area contributed by atoms with Crippen LogP contribution in [0, 0.1) is 11.7 Å². The van der Waals surface area contributed by atoms with E-state index in [4.69, 9.17) is 0 Å². The lowest BCUT2D eigenvalue weighted by Gasteiger charge is -2.43. The molecule has 1 aliphatic rings. The summed E-state index contributed by atoms with van der Waals surface area (Å²) in [6.07, 6.45) is 2.70.